The molecule has 244 valence electrons. The monoisotopic (exact) mass is 644 g/mol. The Labute approximate surface area is 287 Å². The van der Waals surface area contributed by atoms with Gasteiger partial charge >= 0.3 is 0 Å². The standard InChI is InChI=1S/C45H38O3.H2O/c1-5-33-42(46-40-27-25-29(2)34-18-9-10-20-36(34)40)37-21-11-12-22-38(37)43(47-41-30(3)24-26-31-15-6-8-19-35(31)41)44(33)48-45(4)28-14-17-32-16-7-13-23-39(32)45;/h6-27H,5,28H2,1-4H3;1H2. The van der Waals surface area contributed by atoms with E-state index < -0.39 is 5.60 Å². The third kappa shape index (κ3) is 5.48. The van der Waals surface area contributed by atoms with Gasteiger partial charge in [0.25, 0.3) is 0 Å². The Morgan fingerprint density at radius 2 is 1.20 bits per heavy atom. The molecule has 0 fully saturated rings. The van der Waals surface area contributed by atoms with Crippen LogP contribution in [-0.2, 0) is 12.0 Å². The predicted octanol–water partition coefficient (Wildman–Crippen LogP) is 11.8. The van der Waals surface area contributed by atoms with E-state index >= 15 is 0 Å². The molecule has 0 aromatic heterocycles. The minimum Gasteiger partial charge on any atom is -0.478 e. The van der Waals surface area contributed by atoms with Gasteiger partial charge in [-0.15, -0.1) is 0 Å². The van der Waals surface area contributed by atoms with Crippen molar-refractivity contribution in [3.05, 3.63) is 155 Å². The second-order valence-electron chi connectivity index (χ2n) is 13.0. The zero-order valence-corrected chi connectivity index (χ0v) is 28.3. The number of fused-ring (bicyclic) bond motifs is 4. The average molecular weight is 645 g/mol. The summed E-state index contributed by atoms with van der Waals surface area (Å²) in [6.07, 6.45) is 5.80. The van der Waals surface area contributed by atoms with E-state index in [-0.39, 0.29) is 5.48 Å². The van der Waals surface area contributed by atoms with Gasteiger partial charge in [-0.2, -0.15) is 0 Å². The Bertz CT molecular complexity index is 2390. The Balaban J connectivity index is 0.00000378. The van der Waals surface area contributed by atoms with Crippen LogP contribution < -0.4 is 14.2 Å². The van der Waals surface area contributed by atoms with E-state index in [0.29, 0.717) is 17.9 Å². The summed E-state index contributed by atoms with van der Waals surface area (Å²) >= 11 is 0. The number of benzene rings is 7. The summed E-state index contributed by atoms with van der Waals surface area (Å²) in [4.78, 5) is 0. The first-order chi connectivity index (χ1) is 23.4. The van der Waals surface area contributed by atoms with Gasteiger partial charge in [0.15, 0.2) is 11.5 Å². The van der Waals surface area contributed by atoms with Gasteiger partial charge in [-0.25, -0.2) is 0 Å². The molecular formula is C45H40O4. The van der Waals surface area contributed by atoms with Crippen LogP contribution in [0.2, 0.25) is 0 Å². The lowest BCUT2D eigenvalue weighted by Crippen LogP contribution is -2.32. The van der Waals surface area contributed by atoms with Gasteiger partial charge in [-0.1, -0.05) is 134 Å². The zero-order valence-electron chi connectivity index (χ0n) is 28.3. The minimum atomic E-state index is -0.628. The predicted molar refractivity (Wildman–Crippen MR) is 203 cm³/mol. The first kappa shape index (κ1) is 32.0. The van der Waals surface area contributed by atoms with E-state index in [4.69, 9.17) is 14.2 Å². The van der Waals surface area contributed by atoms with E-state index in [0.717, 1.165) is 67.3 Å². The Morgan fingerprint density at radius 1 is 0.571 bits per heavy atom. The second kappa shape index (κ2) is 12.8. The quantitative estimate of drug-likeness (QED) is 0.173. The van der Waals surface area contributed by atoms with Crippen molar-refractivity contribution in [2.45, 2.75) is 46.1 Å². The summed E-state index contributed by atoms with van der Waals surface area (Å²) in [6, 6.07) is 42.2. The maximum atomic E-state index is 7.38. The molecule has 0 radical (unpaired) electrons. The summed E-state index contributed by atoms with van der Waals surface area (Å²) in [5.74, 6) is 3.86. The Hall–Kier alpha value is -5.58. The van der Waals surface area contributed by atoms with Gasteiger partial charge in [-0.05, 0) is 60.7 Å². The van der Waals surface area contributed by atoms with Crippen molar-refractivity contribution in [3.8, 4) is 28.7 Å². The molecular weight excluding hydrogens is 604 g/mol. The number of aryl methyl sites for hydroxylation is 2. The molecule has 1 unspecified atom stereocenters. The lowest BCUT2D eigenvalue weighted by atomic mass is 9.84. The van der Waals surface area contributed by atoms with Crippen molar-refractivity contribution in [2.24, 2.45) is 0 Å². The van der Waals surface area contributed by atoms with Crippen LogP contribution in [0.3, 0.4) is 0 Å². The maximum absolute atomic E-state index is 7.38. The third-order valence-corrected chi connectivity index (χ3v) is 9.78. The van der Waals surface area contributed by atoms with Gasteiger partial charge in [0.1, 0.15) is 22.8 Å². The van der Waals surface area contributed by atoms with Crippen molar-refractivity contribution in [2.75, 3.05) is 0 Å². The van der Waals surface area contributed by atoms with E-state index in [1.165, 1.54) is 16.5 Å². The van der Waals surface area contributed by atoms with Crippen LogP contribution in [0.1, 0.15) is 48.1 Å². The zero-order chi connectivity index (χ0) is 32.8. The molecule has 49 heavy (non-hydrogen) atoms. The maximum Gasteiger partial charge on any atom is 0.177 e. The SMILES string of the molecule is CCc1c(OC2(C)CC=Cc3ccccc32)c(Oc2c(C)ccc3ccccc23)c2ccccc2c1Oc1ccc(C)c2ccccc12.O. The highest BCUT2D eigenvalue weighted by Crippen LogP contribution is 2.53. The van der Waals surface area contributed by atoms with Gasteiger partial charge in [0, 0.05) is 39.1 Å². The van der Waals surface area contributed by atoms with Crippen molar-refractivity contribution in [1.82, 2.24) is 0 Å². The summed E-state index contributed by atoms with van der Waals surface area (Å²) in [6.45, 7) is 8.60. The molecule has 2 N–H and O–H groups in total. The minimum absolute atomic E-state index is 0. The van der Waals surface area contributed by atoms with Gasteiger partial charge in [0.2, 0.25) is 0 Å². The highest BCUT2D eigenvalue weighted by molar-refractivity contribution is 5.99. The summed E-state index contributed by atoms with van der Waals surface area (Å²) in [7, 11) is 0. The fourth-order valence-corrected chi connectivity index (χ4v) is 7.23. The van der Waals surface area contributed by atoms with Crippen LogP contribution in [0.5, 0.6) is 28.7 Å². The van der Waals surface area contributed by atoms with Crippen molar-refractivity contribution in [1.29, 1.82) is 0 Å². The van der Waals surface area contributed by atoms with Gasteiger partial charge < -0.3 is 19.7 Å². The number of ether oxygens (including phenoxy) is 3. The Morgan fingerprint density at radius 3 is 1.98 bits per heavy atom. The fourth-order valence-electron chi connectivity index (χ4n) is 7.23. The van der Waals surface area contributed by atoms with Gasteiger partial charge in [-0.3, -0.25) is 0 Å². The fraction of sp³-hybridized carbons (Fsp3) is 0.156. The van der Waals surface area contributed by atoms with E-state index in [1.54, 1.807) is 0 Å². The molecule has 8 rings (SSSR count). The smallest absolute Gasteiger partial charge is 0.177 e. The molecule has 0 amide bonds. The molecule has 1 aliphatic rings. The van der Waals surface area contributed by atoms with Crippen LogP contribution in [0.4, 0.5) is 0 Å². The van der Waals surface area contributed by atoms with E-state index in [2.05, 4.69) is 161 Å². The van der Waals surface area contributed by atoms with Crippen molar-refractivity contribution in [3.63, 3.8) is 0 Å². The second-order valence-corrected chi connectivity index (χ2v) is 13.0. The lowest BCUT2D eigenvalue weighted by Gasteiger charge is -2.36. The number of hydrogen-bond acceptors (Lipinski definition) is 3. The van der Waals surface area contributed by atoms with Crippen LogP contribution in [0.25, 0.3) is 38.4 Å². The molecule has 0 bridgehead atoms. The molecule has 4 nitrogen and oxygen atoms in total. The first-order valence-corrected chi connectivity index (χ1v) is 16.8. The number of rotatable bonds is 7. The average Bonchev–Trinajstić information content (AvgIpc) is 3.12. The summed E-state index contributed by atoms with van der Waals surface area (Å²) in [5.41, 5.74) is 4.94. The molecule has 0 heterocycles. The first-order valence-electron chi connectivity index (χ1n) is 16.8. The normalized spacial score (nSPS) is 15.2. The highest BCUT2D eigenvalue weighted by atomic mass is 16.5. The largest absolute Gasteiger partial charge is 0.478 e. The Kier molecular flexibility index (Phi) is 8.35. The molecule has 7 aromatic rings. The lowest BCUT2D eigenvalue weighted by molar-refractivity contribution is 0.0844. The number of hydrogen-bond donors (Lipinski definition) is 0. The molecule has 1 aliphatic carbocycles. The molecule has 0 saturated carbocycles. The molecule has 4 heteroatoms. The molecule has 7 aromatic carbocycles. The van der Waals surface area contributed by atoms with Crippen LogP contribution >= 0.6 is 0 Å². The van der Waals surface area contributed by atoms with Crippen LogP contribution in [0, 0.1) is 13.8 Å². The summed E-state index contributed by atoms with van der Waals surface area (Å²) in [5, 5.41) is 6.37. The van der Waals surface area contributed by atoms with Crippen molar-refractivity contribution < 1.29 is 19.7 Å². The molecule has 0 saturated heterocycles. The van der Waals surface area contributed by atoms with Gasteiger partial charge in [0.05, 0.1) is 0 Å². The van der Waals surface area contributed by atoms with Crippen molar-refractivity contribution >= 4 is 38.4 Å². The molecule has 0 spiro atoms. The molecule has 0 aliphatic heterocycles. The third-order valence-electron chi connectivity index (χ3n) is 9.78. The molecule has 1 atom stereocenters. The van der Waals surface area contributed by atoms with Crippen LogP contribution in [-0.4, -0.2) is 5.48 Å². The van der Waals surface area contributed by atoms with E-state index in [1.807, 2.05) is 0 Å². The summed E-state index contributed by atoms with van der Waals surface area (Å²) < 4.78 is 21.6. The van der Waals surface area contributed by atoms with E-state index in [9.17, 15) is 0 Å². The van der Waals surface area contributed by atoms with Crippen LogP contribution in [0.15, 0.2) is 127 Å². The highest BCUT2D eigenvalue weighted by Gasteiger charge is 2.35. The topological polar surface area (TPSA) is 59.2 Å².